The zero-order chi connectivity index (χ0) is 12.6. The van der Waals surface area contributed by atoms with E-state index in [1.807, 2.05) is 0 Å². The number of hydrogen-bond donors (Lipinski definition) is 3. The normalized spacial score (nSPS) is 15.9. The van der Waals surface area contributed by atoms with Crippen molar-refractivity contribution in [1.82, 2.24) is 15.5 Å². The Morgan fingerprint density at radius 1 is 1.53 bits per heavy atom. The molecular formula is C9H11F3N4O. The van der Waals surface area contributed by atoms with Crippen molar-refractivity contribution in [2.45, 2.75) is 24.9 Å². The first-order chi connectivity index (χ1) is 7.88. The molecule has 0 unspecified atom stereocenters. The summed E-state index contributed by atoms with van der Waals surface area (Å²) in [4.78, 5) is 11.4. The molecule has 8 heteroatoms. The van der Waals surface area contributed by atoms with Gasteiger partial charge in [-0.1, -0.05) is 0 Å². The van der Waals surface area contributed by atoms with Gasteiger partial charge in [-0.05, 0) is 12.8 Å². The van der Waals surface area contributed by atoms with Crippen molar-refractivity contribution in [2.24, 2.45) is 0 Å². The van der Waals surface area contributed by atoms with Gasteiger partial charge < -0.3 is 11.1 Å². The predicted molar refractivity (Wildman–Crippen MR) is 53.4 cm³/mol. The number of carbonyl (C=O) groups is 1. The lowest BCUT2D eigenvalue weighted by Gasteiger charge is -2.07. The molecule has 5 nitrogen and oxygen atoms in total. The van der Waals surface area contributed by atoms with Gasteiger partial charge in [0.15, 0.2) is 5.69 Å². The molecule has 0 radical (unpaired) electrons. The molecule has 1 saturated carbocycles. The Labute approximate surface area is 94.6 Å². The van der Waals surface area contributed by atoms with Crippen molar-refractivity contribution < 1.29 is 18.0 Å². The number of aromatic amines is 1. The Morgan fingerprint density at radius 2 is 2.18 bits per heavy atom. The molecule has 0 spiro atoms. The summed E-state index contributed by atoms with van der Waals surface area (Å²) in [5, 5.41) is 7.97. The molecule has 1 aromatic rings. The van der Waals surface area contributed by atoms with Crippen molar-refractivity contribution in [3.63, 3.8) is 0 Å². The van der Waals surface area contributed by atoms with Crippen molar-refractivity contribution >= 4 is 11.6 Å². The van der Waals surface area contributed by atoms with Crippen LogP contribution < -0.4 is 11.1 Å². The lowest BCUT2D eigenvalue weighted by molar-refractivity contribution is -0.123. The molecule has 94 valence electrons. The number of H-pyrrole nitrogens is 1. The number of alkyl halides is 3. The molecule has 0 aromatic carbocycles. The number of anilines is 1. The van der Waals surface area contributed by atoms with Gasteiger partial charge in [0.2, 0.25) is 0 Å². The number of carbonyl (C=O) groups excluding carboxylic acids is 1. The summed E-state index contributed by atoms with van der Waals surface area (Å²) in [5.74, 6) is -0.658. The quantitative estimate of drug-likeness (QED) is 0.750. The van der Waals surface area contributed by atoms with Crippen LogP contribution in [0.5, 0.6) is 0 Å². The van der Waals surface area contributed by atoms with E-state index < -0.39 is 18.6 Å². The minimum Gasteiger partial charge on any atom is -0.395 e. The SMILES string of the molecule is Nc1c(C(=O)NCC(F)(F)F)n[nH]c1C1CC1. The third-order valence-corrected chi connectivity index (χ3v) is 2.48. The molecule has 1 aliphatic rings. The maximum absolute atomic E-state index is 11.9. The van der Waals surface area contributed by atoms with Crippen LogP contribution in [0.4, 0.5) is 18.9 Å². The summed E-state index contributed by atoms with van der Waals surface area (Å²) in [5.41, 5.74) is 6.26. The molecule has 2 rings (SSSR count). The topological polar surface area (TPSA) is 83.8 Å². The summed E-state index contributed by atoms with van der Waals surface area (Å²) < 4.78 is 35.7. The fourth-order valence-electron chi connectivity index (χ4n) is 1.48. The highest BCUT2D eigenvalue weighted by atomic mass is 19.4. The monoisotopic (exact) mass is 248 g/mol. The van der Waals surface area contributed by atoms with Crippen LogP contribution >= 0.6 is 0 Å². The maximum atomic E-state index is 11.9. The lowest BCUT2D eigenvalue weighted by Crippen LogP contribution is -2.34. The van der Waals surface area contributed by atoms with Crippen LogP contribution in [0.3, 0.4) is 0 Å². The van der Waals surface area contributed by atoms with Gasteiger partial charge in [-0.2, -0.15) is 18.3 Å². The fraction of sp³-hybridized carbons (Fsp3) is 0.556. The summed E-state index contributed by atoms with van der Waals surface area (Å²) in [6, 6.07) is 0. The Balaban J connectivity index is 2.04. The summed E-state index contributed by atoms with van der Waals surface area (Å²) >= 11 is 0. The number of nitrogen functional groups attached to an aromatic ring is 1. The zero-order valence-corrected chi connectivity index (χ0v) is 8.77. The molecule has 1 fully saturated rings. The highest BCUT2D eigenvalue weighted by Gasteiger charge is 2.32. The Hall–Kier alpha value is -1.73. The van der Waals surface area contributed by atoms with E-state index in [1.54, 1.807) is 5.32 Å². The third kappa shape index (κ3) is 2.69. The number of amides is 1. The van der Waals surface area contributed by atoms with Gasteiger partial charge in [0.05, 0.1) is 11.4 Å². The Bertz CT molecular complexity index is 436. The molecular weight excluding hydrogens is 237 g/mol. The first-order valence-corrected chi connectivity index (χ1v) is 5.07. The molecule has 1 aliphatic carbocycles. The van der Waals surface area contributed by atoms with E-state index in [-0.39, 0.29) is 17.3 Å². The van der Waals surface area contributed by atoms with E-state index in [0.717, 1.165) is 12.8 Å². The molecule has 1 heterocycles. The van der Waals surface area contributed by atoms with Crippen molar-refractivity contribution in [3.8, 4) is 0 Å². The molecule has 17 heavy (non-hydrogen) atoms. The van der Waals surface area contributed by atoms with Crippen molar-refractivity contribution in [3.05, 3.63) is 11.4 Å². The van der Waals surface area contributed by atoms with Crippen LogP contribution in [-0.4, -0.2) is 28.8 Å². The number of nitrogens with two attached hydrogens (primary N) is 1. The second kappa shape index (κ2) is 3.94. The first kappa shape index (κ1) is 11.7. The van der Waals surface area contributed by atoms with Crippen molar-refractivity contribution in [1.29, 1.82) is 0 Å². The third-order valence-electron chi connectivity index (χ3n) is 2.48. The number of aromatic nitrogens is 2. The molecule has 0 saturated heterocycles. The van der Waals surface area contributed by atoms with Crippen LogP contribution in [0.15, 0.2) is 0 Å². The van der Waals surface area contributed by atoms with E-state index in [0.29, 0.717) is 5.69 Å². The number of nitrogens with one attached hydrogen (secondary N) is 2. The summed E-state index contributed by atoms with van der Waals surface area (Å²) in [6.45, 7) is -1.39. The average Bonchev–Trinajstić information content (AvgIpc) is 2.98. The van der Waals surface area contributed by atoms with Gasteiger partial charge in [0.25, 0.3) is 5.91 Å². The average molecular weight is 248 g/mol. The highest BCUT2D eigenvalue weighted by Crippen LogP contribution is 2.42. The van der Waals surface area contributed by atoms with E-state index in [2.05, 4.69) is 10.2 Å². The van der Waals surface area contributed by atoms with Gasteiger partial charge in [0, 0.05) is 5.92 Å². The predicted octanol–water partition coefficient (Wildman–Crippen LogP) is 1.16. The summed E-state index contributed by atoms with van der Waals surface area (Å²) in [6.07, 6.45) is -2.54. The van der Waals surface area contributed by atoms with Gasteiger partial charge in [-0.25, -0.2) is 0 Å². The molecule has 1 amide bonds. The van der Waals surface area contributed by atoms with E-state index in [1.165, 1.54) is 0 Å². The highest BCUT2D eigenvalue weighted by molar-refractivity contribution is 5.97. The fourth-order valence-corrected chi connectivity index (χ4v) is 1.48. The van der Waals surface area contributed by atoms with Crippen LogP contribution in [0.1, 0.15) is 34.9 Å². The molecule has 0 aliphatic heterocycles. The minimum absolute atomic E-state index is 0.146. The van der Waals surface area contributed by atoms with E-state index >= 15 is 0 Å². The smallest absolute Gasteiger partial charge is 0.395 e. The number of hydrogen-bond acceptors (Lipinski definition) is 3. The molecule has 0 atom stereocenters. The van der Waals surface area contributed by atoms with Gasteiger partial charge in [-0.3, -0.25) is 9.89 Å². The van der Waals surface area contributed by atoms with Crippen LogP contribution in [0.25, 0.3) is 0 Å². The second-order valence-corrected chi connectivity index (χ2v) is 3.97. The first-order valence-electron chi connectivity index (χ1n) is 5.07. The Kier molecular flexibility index (Phi) is 2.72. The standard InChI is InChI=1S/C9H11F3N4O/c10-9(11,12)3-14-8(17)7-5(13)6(15-16-7)4-1-2-4/h4H,1-3,13H2,(H,14,17)(H,15,16). The zero-order valence-electron chi connectivity index (χ0n) is 8.77. The lowest BCUT2D eigenvalue weighted by atomic mass is 10.2. The van der Waals surface area contributed by atoms with Crippen LogP contribution in [-0.2, 0) is 0 Å². The number of nitrogens with zero attached hydrogens (tertiary/aromatic N) is 1. The van der Waals surface area contributed by atoms with Crippen molar-refractivity contribution in [2.75, 3.05) is 12.3 Å². The number of rotatable bonds is 3. The van der Waals surface area contributed by atoms with Crippen LogP contribution in [0.2, 0.25) is 0 Å². The Morgan fingerprint density at radius 3 is 2.71 bits per heavy atom. The van der Waals surface area contributed by atoms with E-state index in [9.17, 15) is 18.0 Å². The number of halogens is 3. The van der Waals surface area contributed by atoms with Crippen LogP contribution in [0, 0.1) is 0 Å². The largest absolute Gasteiger partial charge is 0.405 e. The molecule has 1 aromatic heterocycles. The molecule has 0 bridgehead atoms. The van der Waals surface area contributed by atoms with Gasteiger partial charge in [0.1, 0.15) is 6.54 Å². The molecule has 4 N–H and O–H groups in total. The summed E-state index contributed by atoms with van der Waals surface area (Å²) in [7, 11) is 0. The maximum Gasteiger partial charge on any atom is 0.405 e. The minimum atomic E-state index is -4.44. The second-order valence-electron chi connectivity index (χ2n) is 3.97. The van der Waals surface area contributed by atoms with E-state index in [4.69, 9.17) is 5.73 Å². The van der Waals surface area contributed by atoms with Gasteiger partial charge >= 0.3 is 6.18 Å². The van der Waals surface area contributed by atoms with Gasteiger partial charge in [-0.15, -0.1) is 0 Å².